The molecule has 1 aliphatic rings. The first-order valence-electron chi connectivity index (χ1n) is 5.99. The lowest BCUT2D eigenvalue weighted by Crippen LogP contribution is -2.29. The van der Waals surface area contributed by atoms with Crippen LogP contribution >= 0.6 is 11.8 Å². The quantitative estimate of drug-likeness (QED) is 0.482. The topological polar surface area (TPSA) is 69.4 Å². The molecule has 1 aromatic carbocycles. The smallest absolute Gasteiger partial charge is 0.273 e. The number of carbonyl (C=O) groups excluding carboxylic acids is 1. The molecule has 1 aromatic rings. The van der Waals surface area contributed by atoms with E-state index in [9.17, 15) is 14.9 Å². The van der Waals surface area contributed by atoms with E-state index < -0.39 is 9.67 Å². The van der Waals surface area contributed by atoms with Crippen molar-refractivity contribution in [2.24, 2.45) is 0 Å². The highest BCUT2D eigenvalue weighted by Crippen LogP contribution is 2.42. The minimum atomic E-state index is -0.497. The third kappa shape index (κ3) is 2.58. The predicted molar refractivity (Wildman–Crippen MR) is 74.1 cm³/mol. The number of ether oxygens (including phenoxy) is 1. The summed E-state index contributed by atoms with van der Waals surface area (Å²) in [4.78, 5) is 22.8. The lowest BCUT2D eigenvalue weighted by atomic mass is 9.94. The van der Waals surface area contributed by atoms with E-state index >= 15 is 0 Å². The summed E-state index contributed by atoms with van der Waals surface area (Å²) in [5, 5.41) is 10.7. The van der Waals surface area contributed by atoms with Crippen LogP contribution in [0.2, 0.25) is 0 Å². The highest BCUT2D eigenvalue weighted by molar-refractivity contribution is 8.01. The van der Waals surface area contributed by atoms with E-state index in [0.29, 0.717) is 5.56 Å². The predicted octanol–water partition coefficient (Wildman–Crippen LogP) is 3.07. The number of non-ortho nitro benzene ring substituents is 1. The monoisotopic (exact) mass is 281 g/mol. The van der Waals surface area contributed by atoms with E-state index in [1.807, 2.05) is 6.92 Å². The maximum absolute atomic E-state index is 12.6. The van der Waals surface area contributed by atoms with Gasteiger partial charge in [0.1, 0.15) is 5.75 Å². The number of benzene rings is 1. The van der Waals surface area contributed by atoms with Crippen molar-refractivity contribution in [3.63, 3.8) is 0 Å². The molecule has 2 rings (SSSR count). The Hall–Kier alpha value is -1.56. The average Bonchev–Trinajstić information content (AvgIpc) is 2.85. The summed E-state index contributed by atoms with van der Waals surface area (Å²) in [5.74, 6) is 1.23. The van der Waals surface area contributed by atoms with Gasteiger partial charge in [-0.3, -0.25) is 14.9 Å². The molecular formula is C13H15NO4S. The molecule has 0 aromatic heterocycles. The first-order chi connectivity index (χ1) is 8.98. The molecule has 1 heterocycles. The highest BCUT2D eigenvalue weighted by atomic mass is 32.2. The van der Waals surface area contributed by atoms with Crippen molar-refractivity contribution in [2.45, 2.75) is 24.5 Å². The number of ketones is 1. The Morgan fingerprint density at radius 3 is 2.79 bits per heavy atom. The minimum absolute atomic E-state index is 0.0123. The van der Waals surface area contributed by atoms with Gasteiger partial charge in [0.05, 0.1) is 28.4 Å². The molecule has 1 aliphatic heterocycles. The number of nitro benzene ring substituents is 1. The van der Waals surface area contributed by atoms with Crippen molar-refractivity contribution in [3.05, 3.63) is 33.9 Å². The van der Waals surface area contributed by atoms with Crippen molar-refractivity contribution in [1.82, 2.24) is 0 Å². The maximum atomic E-state index is 12.6. The second-order valence-corrected chi connectivity index (χ2v) is 6.25. The molecule has 0 amide bonds. The van der Waals surface area contributed by atoms with Crippen molar-refractivity contribution >= 4 is 23.2 Å². The second-order valence-electron chi connectivity index (χ2n) is 4.65. The third-order valence-corrected chi connectivity index (χ3v) is 4.86. The summed E-state index contributed by atoms with van der Waals surface area (Å²) in [5.41, 5.74) is 0.350. The van der Waals surface area contributed by atoms with Gasteiger partial charge in [-0.15, -0.1) is 11.8 Å². The van der Waals surface area contributed by atoms with Gasteiger partial charge >= 0.3 is 0 Å². The summed E-state index contributed by atoms with van der Waals surface area (Å²) in [6, 6.07) is 4.14. The zero-order valence-electron chi connectivity index (χ0n) is 10.8. The number of thioether (sulfide) groups is 1. The molecular weight excluding hydrogens is 266 g/mol. The Morgan fingerprint density at radius 2 is 2.26 bits per heavy atom. The van der Waals surface area contributed by atoms with E-state index in [4.69, 9.17) is 4.74 Å². The van der Waals surface area contributed by atoms with Gasteiger partial charge in [-0.25, -0.2) is 0 Å². The number of hydrogen-bond donors (Lipinski definition) is 0. The number of nitro groups is 1. The number of Topliss-reactive ketones (excluding diaryl/α,β-unsaturated/α-hetero) is 1. The molecule has 0 radical (unpaired) electrons. The number of nitrogens with zero attached hydrogens (tertiary/aromatic N) is 1. The van der Waals surface area contributed by atoms with Crippen LogP contribution in [-0.2, 0) is 0 Å². The molecule has 0 bridgehead atoms. The zero-order valence-corrected chi connectivity index (χ0v) is 11.7. The van der Waals surface area contributed by atoms with Gasteiger partial charge in [0, 0.05) is 6.07 Å². The lowest BCUT2D eigenvalue weighted by Gasteiger charge is -2.21. The molecule has 0 aliphatic carbocycles. The summed E-state index contributed by atoms with van der Waals surface area (Å²) < 4.78 is 4.69. The fourth-order valence-corrected chi connectivity index (χ4v) is 3.49. The lowest BCUT2D eigenvalue weighted by molar-refractivity contribution is -0.384. The minimum Gasteiger partial charge on any atom is -0.496 e. The number of methoxy groups -OCH3 is 1. The van der Waals surface area contributed by atoms with E-state index in [0.717, 1.165) is 18.6 Å². The molecule has 1 unspecified atom stereocenters. The van der Waals surface area contributed by atoms with Gasteiger partial charge in [0.15, 0.2) is 5.78 Å². The Balaban J connectivity index is 2.39. The first-order valence-corrected chi connectivity index (χ1v) is 6.98. The van der Waals surface area contributed by atoms with Crippen LogP contribution in [0, 0.1) is 10.1 Å². The summed E-state index contributed by atoms with van der Waals surface area (Å²) >= 11 is 1.64. The van der Waals surface area contributed by atoms with Crippen LogP contribution in [0.5, 0.6) is 5.75 Å². The number of rotatable bonds is 4. The fraction of sp³-hybridized carbons (Fsp3) is 0.462. The van der Waals surface area contributed by atoms with E-state index in [1.54, 1.807) is 11.8 Å². The van der Waals surface area contributed by atoms with Gasteiger partial charge in [-0.2, -0.15) is 0 Å². The Bertz CT molecular complexity index is 523. The van der Waals surface area contributed by atoms with Gasteiger partial charge in [0.2, 0.25) is 0 Å². The van der Waals surface area contributed by atoms with Gasteiger partial charge in [-0.1, -0.05) is 0 Å². The molecule has 0 saturated carbocycles. The average molecular weight is 281 g/mol. The fourth-order valence-electron chi connectivity index (χ4n) is 2.22. The van der Waals surface area contributed by atoms with Crippen LogP contribution in [-0.4, -0.2) is 28.3 Å². The van der Waals surface area contributed by atoms with Gasteiger partial charge in [-0.05, 0) is 31.6 Å². The van der Waals surface area contributed by atoms with Crippen molar-refractivity contribution < 1.29 is 14.5 Å². The van der Waals surface area contributed by atoms with Crippen molar-refractivity contribution in [2.75, 3.05) is 12.9 Å². The largest absolute Gasteiger partial charge is 0.496 e. The van der Waals surface area contributed by atoms with E-state index in [-0.39, 0.29) is 17.2 Å². The van der Waals surface area contributed by atoms with E-state index in [1.165, 1.54) is 25.3 Å². The molecule has 1 atom stereocenters. The third-order valence-electron chi connectivity index (χ3n) is 3.34. The van der Waals surface area contributed by atoms with Crippen LogP contribution in [0.15, 0.2) is 18.2 Å². The molecule has 0 N–H and O–H groups in total. The molecule has 1 saturated heterocycles. The Morgan fingerprint density at radius 1 is 1.53 bits per heavy atom. The Kier molecular flexibility index (Phi) is 3.80. The van der Waals surface area contributed by atoms with Crippen LogP contribution in [0.4, 0.5) is 5.69 Å². The summed E-state index contributed by atoms with van der Waals surface area (Å²) in [6.07, 6.45) is 1.85. The molecule has 0 spiro atoms. The summed E-state index contributed by atoms with van der Waals surface area (Å²) in [6.45, 7) is 1.92. The molecule has 1 fully saturated rings. The number of carbonyl (C=O) groups is 1. The first kappa shape index (κ1) is 13.9. The zero-order chi connectivity index (χ0) is 14.0. The molecule has 102 valence electrons. The van der Waals surface area contributed by atoms with Gasteiger partial charge < -0.3 is 4.74 Å². The highest BCUT2D eigenvalue weighted by Gasteiger charge is 2.39. The van der Waals surface area contributed by atoms with Crippen molar-refractivity contribution in [1.29, 1.82) is 0 Å². The Labute approximate surface area is 115 Å². The van der Waals surface area contributed by atoms with Crippen molar-refractivity contribution in [3.8, 4) is 5.75 Å². The van der Waals surface area contributed by atoms with E-state index in [2.05, 4.69) is 0 Å². The van der Waals surface area contributed by atoms with Crippen LogP contribution < -0.4 is 4.74 Å². The van der Waals surface area contributed by atoms with Crippen LogP contribution in [0.3, 0.4) is 0 Å². The maximum Gasteiger partial charge on any atom is 0.273 e. The second kappa shape index (κ2) is 5.21. The SMILES string of the molecule is COc1cc([N+](=O)[O-])ccc1C(=O)C1(C)CCCS1. The molecule has 19 heavy (non-hydrogen) atoms. The summed E-state index contributed by atoms with van der Waals surface area (Å²) in [7, 11) is 1.42. The van der Waals surface area contributed by atoms with Crippen LogP contribution in [0.1, 0.15) is 30.1 Å². The normalized spacial score (nSPS) is 22.2. The molecule has 5 nitrogen and oxygen atoms in total. The molecule has 6 heteroatoms. The number of hydrogen-bond acceptors (Lipinski definition) is 5. The van der Waals surface area contributed by atoms with Gasteiger partial charge in [0.25, 0.3) is 5.69 Å². The van der Waals surface area contributed by atoms with Crippen LogP contribution in [0.25, 0.3) is 0 Å². The standard InChI is InChI=1S/C13H15NO4S/c1-13(6-3-7-19-13)12(15)10-5-4-9(14(16)17)8-11(10)18-2/h4-5,8H,3,6-7H2,1-2H3.